The van der Waals surface area contributed by atoms with Gasteiger partial charge < -0.3 is 10.1 Å². The Morgan fingerprint density at radius 2 is 1.75 bits per heavy atom. The highest BCUT2D eigenvalue weighted by atomic mass is 16.5. The third-order valence-corrected chi connectivity index (χ3v) is 4.36. The molecule has 1 heterocycles. The molecular weight excluding hydrogens is 354 g/mol. The van der Waals surface area contributed by atoms with Crippen molar-refractivity contribution in [3.8, 4) is 0 Å². The minimum Gasteiger partial charge on any atom is -0.462 e. The van der Waals surface area contributed by atoms with E-state index >= 15 is 0 Å². The number of nitrogens with one attached hydrogen (secondary N) is 1. The van der Waals surface area contributed by atoms with E-state index in [2.05, 4.69) is 10.4 Å². The molecule has 0 saturated heterocycles. The second-order valence-corrected chi connectivity index (χ2v) is 6.25. The summed E-state index contributed by atoms with van der Waals surface area (Å²) in [6.07, 6.45) is 2.29. The summed E-state index contributed by atoms with van der Waals surface area (Å²) in [7, 11) is 0. The Morgan fingerprint density at radius 1 is 1.04 bits per heavy atom. The van der Waals surface area contributed by atoms with Gasteiger partial charge in [0.1, 0.15) is 0 Å². The lowest BCUT2D eigenvalue weighted by Gasteiger charge is -2.09. The normalized spacial score (nSPS) is 10.5. The zero-order valence-corrected chi connectivity index (χ0v) is 16.0. The zero-order chi connectivity index (χ0) is 19.9. The van der Waals surface area contributed by atoms with Gasteiger partial charge in [0.15, 0.2) is 0 Å². The fourth-order valence-corrected chi connectivity index (χ4v) is 2.97. The predicted molar refractivity (Wildman–Crippen MR) is 108 cm³/mol. The Balaban J connectivity index is 1.73. The number of rotatable bonds is 7. The SMILES string of the molecule is CCOC(=O)c1ccc(NC(=O)c2cnn(Cc3ccccc3)c2CC)cc1. The van der Waals surface area contributed by atoms with Crippen LogP contribution in [0.5, 0.6) is 0 Å². The van der Waals surface area contributed by atoms with Crippen LogP contribution < -0.4 is 5.32 Å². The van der Waals surface area contributed by atoms with E-state index in [1.165, 1.54) is 0 Å². The molecule has 1 N–H and O–H groups in total. The van der Waals surface area contributed by atoms with Crippen LogP contribution in [-0.4, -0.2) is 28.3 Å². The number of ether oxygens (including phenoxy) is 1. The van der Waals surface area contributed by atoms with Crippen molar-refractivity contribution in [2.24, 2.45) is 0 Å². The molecule has 6 nitrogen and oxygen atoms in total. The number of benzene rings is 2. The topological polar surface area (TPSA) is 73.2 Å². The number of esters is 1. The number of aromatic nitrogens is 2. The number of amides is 1. The summed E-state index contributed by atoms with van der Waals surface area (Å²) >= 11 is 0. The molecule has 28 heavy (non-hydrogen) atoms. The summed E-state index contributed by atoms with van der Waals surface area (Å²) in [4.78, 5) is 24.4. The van der Waals surface area contributed by atoms with Crippen molar-refractivity contribution in [2.45, 2.75) is 26.8 Å². The highest BCUT2D eigenvalue weighted by molar-refractivity contribution is 6.05. The van der Waals surface area contributed by atoms with Gasteiger partial charge in [0.25, 0.3) is 5.91 Å². The quantitative estimate of drug-likeness (QED) is 0.633. The Hall–Kier alpha value is -3.41. The Morgan fingerprint density at radius 3 is 2.39 bits per heavy atom. The number of carbonyl (C=O) groups excluding carboxylic acids is 2. The number of hydrogen-bond donors (Lipinski definition) is 1. The molecule has 2 aromatic carbocycles. The monoisotopic (exact) mass is 377 g/mol. The fraction of sp³-hybridized carbons (Fsp3) is 0.227. The van der Waals surface area contributed by atoms with E-state index in [-0.39, 0.29) is 11.9 Å². The van der Waals surface area contributed by atoms with Crippen molar-refractivity contribution in [1.29, 1.82) is 0 Å². The van der Waals surface area contributed by atoms with Gasteiger partial charge in [0.2, 0.25) is 0 Å². The number of nitrogens with zero attached hydrogens (tertiary/aromatic N) is 2. The minimum atomic E-state index is -0.379. The molecule has 1 amide bonds. The summed E-state index contributed by atoms with van der Waals surface area (Å²) in [5.74, 6) is -0.601. The van der Waals surface area contributed by atoms with Crippen molar-refractivity contribution in [1.82, 2.24) is 9.78 Å². The molecule has 1 aromatic heterocycles. The van der Waals surface area contributed by atoms with Crippen molar-refractivity contribution in [2.75, 3.05) is 11.9 Å². The van der Waals surface area contributed by atoms with Crippen molar-refractivity contribution >= 4 is 17.6 Å². The van der Waals surface area contributed by atoms with Gasteiger partial charge in [0.05, 0.1) is 36.2 Å². The third-order valence-electron chi connectivity index (χ3n) is 4.36. The molecule has 0 fully saturated rings. The summed E-state index contributed by atoms with van der Waals surface area (Å²) in [6.45, 7) is 4.70. The second-order valence-electron chi connectivity index (χ2n) is 6.25. The van der Waals surface area contributed by atoms with Crippen LogP contribution in [0.2, 0.25) is 0 Å². The maximum atomic E-state index is 12.7. The van der Waals surface area contributed by atoms with Gasteiger partial charge in [-0.15, -0.1) is 0 Å². The van der Waals surface area contributed by atoms with Crippen LogP contribution in [-0.2, 0) is 17.7 Å². The first-order chi connectivity index (χ1) is 13.6. The molecule has 0 radical (unpaired) electrons. The second kappa shape index (κ2) is 8.99. The van der Waals surface area contributed by atoms with E-state index < -0.39 is 0 Å². The maximum Gasteiger partial charge on any atom is 0.338 e. The van der Waals surface area contributed by atoms with Gasteiger partial charge in [-0.1, -0.05) is 37.3 Å². The summed E-state index contributed by atoms with van der Waals surface area (Å²) < 4.78 is 6.82. The molecule has 0 bridgehead atoms. The maximum absolute atomic E-state index is 12.7. The third kappa shape index (κ3) is 4.46. The lowest BCUT2D eigenvalue weighted by atomic mass is 10.1. The predicted octanol–water partition coefficient (Wildman–Crippen LogP) is 3.92. The van der Waals surface area contributed by atoms with E-state index in [4.69, 9.17) is 4.74 Å². The molecule has 0 aliphatic heterocycles. The van der Waals surface area contributed by atoms with E-state index in [9.17, 15) is 9.59 Å². The van der Waals surface area contributed by atoms with Crippen LogP contribution in [0.25, 0.3) is 0 Å². The molecule has 0 aliphatic rings. The molecule has 3 aromatic rings. The van der Waals surface area contributed by atoms with Crippen LogP contribution >= 0.6 is 0 Å². The standard InChI is InChI=1S/C22H23N3O3/c1-3-20-19(14-23-25(20)15-16-8-6-5-7-9-16)21(26)24-18-12-10-17(11-13-18)22(27)28-4-2/h5-14H,3-4,15H2,1-2H3,(H,24,26). The number of hydrogen-bond acceptors (Lipinski definition) is 4. The molecular formula is C22H23N3O3. The van der Waals surface area contributed by atoms with Gasteiger partial charge in [-0.25, -0.2) is 4.79 Å². The van der Waals surface area contributed by atoms with Crippen LogP contribution in [0.4, 0.5) is 5.69 Å². The van der Waals surface area contributed by atoms with Gasteiger partial charge in [0, 0.05) is 5.69 Å². The van der Waals surface area contributed by atoms with E-state index in [1.54, 1.807) is 37.4 Å². The average molecular weight is 377 g/mol. The van der Waals surface area contributed by atoms with Crippen LogP contribution in [0.15, 0.2) is 60.8 Å². The highest BCUT2D eigenvalue weighted by Gasteiger charge is 2.17. The molecule has 0 saturated carbocycles. The van der Waals surface area contributed by atoms with Gasteiger partial charge >= 0.3 is 5.97 Å². The van der Waals surface area contributed by atoms with E-state index in [0.717, 1.165) is 11.3 Å². The molecule has 0 atom stereocenters. The van der Waals surface area contributed by atoms with Crippen LogP contribution in [0.3, 0.4) is 0 Å². The van der Waals surface area contributed by atoms with Gasteiger partial charge in [-0.3, -0.25) is 9.48 Å². The zero-order valence-electron chi connectivity index (χ0n) is 16.0. The lowest BCUT2D eigenvalue weighted by molar-refractivity contribution is 0.0526. The summed E-state index contributed by atoms with van der Waals surface area (Å²) in [5, 5.41) is 7.26. The first kappa shape index (κ1) is 19.4. The van der Waals surface area contributed by atoms with E-state index in [1.807, 2.05) is 41.9 Å². The van der Waals surface area contributed by atoms with Crippen LogP contribution in [0, 0.1) is 0 Å². The van der Waals surface area contributed by atoms with E-state index in [0.29, 0.717) is 36.4 Å². The first-order valence-corrected chi connectivity index (χ1v) is 9.29. The Bertz CT molecular complexity index is 947. The number of carbonyl (C=O) groups is 2. The molecule has 3 rings (SSSR count). The minimum absolute atomic E-state index is 0.222. The molecule has 0 spiro atoms. The smallest absolute Gasteiger partial charge is 0.338 e. The van der Waals surface area contributed by atoms with Crippen molar-refractivity contribution < 1.29 is 14.3 Å². The molecule has 144 valence electrons. The fourth-order valence-electron chi connectivity index (χ4n) is 2.97. The molecule has 0 aliphatic carbocycles. The first-order valence-electron chi connectivity index (χ1n) is 9.29. The van der Waals surface area contributed by atoms with Crippen molar-refractivity contribution in [3.05, 3.63) is 83.2 Å². The highest BCUT2D eigenvalue weighted by Crippen LogP contribution is 2.16. The lowest BCUT2D eigenvalue weighted by Crippen LogP contribution is -2.15. The Kier molecular flexibility index (Phi) is 6.22. The van der Waals surface area contributed by atoms with Gasteiger partial charge in [-0.2, -0.15) is 5.10 Å². The largest absolute Gasteiger partial charge is 0.462 e. The Labute approximate surface area is 164 Å². The van der Waals surface area contributed by atoms with Crippen molar-refractivity contribution in [3.63, 3.8) is 0 Å². The molecule has 0 unspecified atom stereocenters. The number of anilines is 1. The average Bonchev–Trinajstić information content (AvgIpc) is 3.12. The molecule has 6 heteroatoms. The van der Waals surface area contributed by atoms with Gasteiger partial charge in [-0.05, 0) is 43.2 Å². The van der Waals surface area contributed by atoms with Crippen LogP contribution in [0.1, 0.15) is 45.8 Å². The summed E-state index contributed by atoms with van der Waals surface area (Å²) in [5.41, 5.74) is 3.61. The summed E-state index contributed by atoms with van der Waals surface area (Å²) in [6, 6.07) is 16.6.